The number of aliphatic carboxylic acids is 1. The number of aromatic nitrogens is 4. The summed E-state index contributed by atoms with van der Waals surface area (Å²) in [6, 6.07) is 5.09. The topological polar surface area (TPSA) is 254 Å². The highest BCUT2D eigenvalue weighted by molar-refractivity contribution is 5.97. The molecule has 2 heterocycles. The van der Waals surface area contributed by atoms with Gasteiger partial charge in [-0.2, -0.15) is 4.98 Å². The number of anilines is 2. The number of hydrogen-bond donors (Lipinski definition) is 8. The highest BCUT2D eigenvalue weighted by Crippen LogP contribution is 2.13. The maximum Gasteiger partial charge on any atom is 0.326 e. The summed E-state index contributed by atoms with van der Waals surface area (Å²) in [6.45, 7) is 0.698. The Labute approximate surface area is 252 Å². The summed E-state index contributed by atoms with van der Waals surface area (Å²) in [7, 11) is 0. The lowest BCUT2D eigenvalue weighted by Crippen LogP contribution is -2.41. The van der Waals surface area contributed by atoms with Gasteiger partial charge in [-0.15, -0.1) is 0 Å². The largest absolute Gasteiger partial charge is 0.480 e. The molecule has 1 atom stereocenters. The molecule has 0 radical (unpaired) electrons. The molecule has 0 aliphatic rings. The van der Waals surface area contributed by atoms with E-state index in [2.05, 4.69) is 35.9 Å². The zero-order valence-electron chi connectivity index (χ0n) is 24.1. The first-order valence-electron chi connectivity index (χ1n) is 14.2. The molecule has 3 aromatic rings. The first kappa shape index (κ1) is 33.4. The van der Waals surface area contributed by atoms with Gasteiger partial charge < -0.3 is 26.8 Å². The van der Waals surface area contributed by atoms with Crippen molar-refractivity contribution in [3.63, 3.8) is 0 Å². The predicted molar refractivity (Wildman–Crippen MR) is 160 cm³/mol. The summed E-state index contributed by atoms with van der Waals surface area (Å²) in [5, 5.41) is 26.3. The number of hydrogen-bond acceptors (Lipinski definition) is 11. The number of H-pyrrole nitrogens is 1. The van der Waals surface area contributed by atoms with Gasteiger partial charge in [0.1, 0.15) is 6.04 Å². The van der Waals surface area contributed by atoms with Crippen molar-refractivity contribution in [2.24, 2.45) is 0 Å². The zero-order valence-corrected chi connectivity index (χ0v) is 24.1. The van der Waals surface area contributed by atoms with Crippen LogP contribution in [0.3, 0.4) is 0 Å². The van der Waals surface area contributed by atoms with Gasteiger partial charge in [-0.25, -0.2) is 20.2 Å². The van der Waals surface area contributed by atoms with Crippen LogP contribution in [0.2, 0.25) is 0 Å². The van der Waals surface area contributed by atoms with Crippen LogP contribution in [-0.4, -0.2) is 66.5 Å². The molecule has 44 heavy (non-hydrogen) atoms. The highest BCUT2D eigenvalue weighted by atomic mass is 16.5. The lowest BCUT2D eigenvalue weighted by molar-refractivity contribution is -0.139. The van der Waals surface area contributed by atoms with Gasteiger partial charge in [-0.05, 0) is 43.5 Å². The number of nitrogens with two attached hydrogens (primary N) is 1. The number of carboxylic acid groups (broad SMARTS) is 1. The number of fused-ring (bicyclic) bond motifs is 1. The van der Waals surface area contributed by atoms with Crippen LogP contribution in [0.25, 0.3) is 11.2 Å². The number of carbonyl (C=O) groups excluding carboxylic acids is 3. The molecule has 0 saturated carbocycles. The average molecular weight is 612 g/mol. The van der Waals surface area contributed by atoms with Gasteiger partial charge in [0.2, 0.25) is 17.8 Å². The fourth-order valence-electron chi connectivity index (χ4n) is 4.25. The molecule has 3 rings (SSSR count). The average Bonchev–Trinajstić information content (AvgIpc) is 3.01. The van der Waals surface area contributed by atoms with Gasteiger partial charge in [0, 0.05) is 30.6 Å². The van der Waals surface area contributed by atoms with E-state index >= 15 is 0 Å². The van der Waals surface area contributed by atoms with Gasteiger partial charge in [0.15, 0.2) is 11.2 Å². The zero-order chi connectivity index (χ0) is 31.9. The third-order valence-corrected chi connectivity index (χ3v) is 6.65. The van der Waals surface area contributed by atoms with E-state index in [-0.39, 0.29) is 48.0 Å². The quantitative estimate of drug-likeness (QED) is 0.0574. The number of carbonyl (C=O) groups is 4. The van der Waals surface area contributed by atoms with Crippen molar-refractivity contribution in [3.8, 4) is 0 Å². The smallest absolute Gasteiger partial charge is 0.326 e. The molecule has 0 saturated heterocycles. The van der Waals surface area contributed by atoms with Gasteiger partial charge in [-0.3, -0.25) is 29.4 Å². The first-order chi connectivity index (χ1) is 21.2. The number of amides is 3. The second-order valence-electron chi connectivity index (χ2n) is 10.1. The minimum atomic E-state index is -1.24. The van der Waals surface area contributed by atoms with E-state index in [0.717, 1.165) is 32.1 Å². The summed E-state index contributed by atoms with van der Waals surface area (Å²) >= 11 is 0. The molecule has 0 unspecified atom stereocenters. The fourth-order valence-corrected chi connectivity index (χ4v) is 4.25. The van der Waals surface area contributed by atoms with E-state index in [1.54, 1.807) is 17.6 Å². The van der Waals surface area contributed by atoms with Crippen LogP contribution in [-0.2, 0) is 20.9 Å². The maximum atomic E-state index is 12.7. The van der Waals surface area contributed by atoms with Crippen LogP contribution in [0, 0.1) is 0 Å². The minimum Gasteiger partial charge on any atom is -0.480 e. The van der Waals surface area contributed by atoms with E-state index in [0.29, 0.717) is 30.8 Å². The second-order valence-corrected chi connectivity index (χ2v) is 10.1. The normalized spacial score (nSPS) is 11.5. The van der Waals surface area contributed by atoms with Crippen LogP contribution < -0.4 is 32.7 Å². The van der Waals surface area contributed by atoms with Crippen molar-refractivity contribution in [2.75, 3.05) is 17.6 Å². The summed E-state index contributed by atoms with van der Waals surface area (Å²) < 4.78 is 0. The number of rotatable bonds is 18. The standard InChI is InChI=1S/C28H37N9O7/c29-28-35-24-23(26(41)36-28)33-19(16-32-24)15-31-18-10-8-17(9-11-18)25(40)34-20(27(42)43)12-13-21(38)30-14-6-4-2-1-3-5-7-22(39)37-44/h8-11,16,20,31,44H,1-7,12-15H2,(H,30,38)(H,34,40)(H,37,39)(H,42,43)(H3,29,32,35,36,41)/t20-/m0/s1. The van der Waals surface area contributed by atoms with Crippen molar-refractivity contribution < 1.29 is 29.5 Å². The number of hydroxylamine groups is 1. The molecule has 0 spiro atoms. The maximum absolute atomic E-state index is 12.7. The van der Waals surface area contributed by atoms with Crippen molar-refractivity contribution in [1.82, 2.24) is 36.0 Å². The fraction of sp³-hybridized carbons (Fsp3) is 0.429. The van der Waals surface area contributed by atoms with Crippen molar-refractivity contribution in [1.29, 1.82) is 0 Å². The Balaban J connectivity index is 1.37. The molecule has 0 aliphatic carbocycles. The van der Waals surface area contributed by atoms with Crippen molar-refractivity contribution in [3.05, 3.63) is 52.1 Å². The van der Waals surface area contributed by atoms with Gasteiger partial charge >= 0.3 is 5.97 Å². The molecule has 2 aromatic heterocycles. The van der Waals surface area contributed by atoms with E-state index < -0.39 is 29.4 Å². The number of unbranched alkanes of at least 4 members (excludes halogenated alkanes) is 5. The van der Waals surface area contributed by atoms with Crippen LogP contribution >= 0.6 is 0 Å². The number of nitrogens with one attached hydrogen (secondary N) is 5. The third kappa shape index (κ3) is 10.9. The molecule has 3 amide bonds. The molecule has 1 aromatic carbocycles. The van der Waals surface area contributed by atoms with Crippen molar-refractivity contribution in [2.45, 2.75) is 70.4 Å². The molecule has 16 nitrogen and oxygen atoms in total. The summed E-state index contributed by atoms with van der Waals surface area (Å²) in [5.41, 5.74) is 8.17. The highest BCUT2D eigenvalue weighted by Gasteiger charge is 2.21. The lowest BCUT2D eigenvalue weighted by Gasteiger charge is -2.15. The summed E-state index contributed by atoms with van der Waals surface area (Å²) in [5.74, 6) is -2.57. The molecule has 0 aliphatic heterocycles. The predicted octanol–water partition coefficient (Wildman–Crippen LogP) is 1.22. The van der Waals surface area contributed by atoms with Gasteiger partial charge in [-0.1, -0.05) is 25.7 Å². The Bertz CT molecular complexity index is 1500. The van der Waals surface area contributed by atoms with E-state index in [1.165, 1.54) is 18.3 Å². The minimum absolute atomic E-state index is 0.0524. The number of nitrogens with zero attached hydrogens (tertiary/aromatic N) is 3. The molecule has 9 N–H and O–H groups in total. The number of benzene rings is 1. The van der Waals surface area contributed by atoms with Crippen LogP contribution in [0.4, 0.5) is 11.6 Å². The van der Waals surface area contributed by atoms with E-state index in [9.17, 15) is 29.1 Å². The van der Waals surface area contributed by atoms with E-state index in [1.807, 2.05) is 0 Å². The number of carboxylic acids is 1. The van der Waals surface area contributed by atoms with Crippen LogP contribution in [0.5, 0.6) is 0 Å². The Morgan fingerprint density at radius 2 is 1.64 bits per heavy atom. The molecule has 0 fully saturated rings. The molecular formula is C28H37N9O7. The van der Waals surface area contributed by atoms with Gasteiger partial charge in [0.25, 0.3) is 11.5 Å². The van der Waals surface area contributed by atoms with Gasteiger partial charge in [0.05, 0.1) is 18.4 Å². The van der Waals surface area contributed by atoms with Crippen molar-refractivity contribution >= 4 is 46.5 Å². The second kappa shape index (κ2) is 17.1. The molecule has 0 bridgehead atoms. The Hall–Kier alpha value is -5.12. The number of nitrogen functional groups attached to an aromatic ring is 1. The molecule has 236 valence electrons. The van der Waals surface area contributed by atoms with Crippen LogP contribution in [0.15, 0.2) is 35.3 Å². The lowest BCUT2D eigenvalue weighted by atomic mass is 10.1. The number of aromatic amines is 1. The summed E-state index contributed by atoms with van der Waals surface area (Å²) in [4.78, 5) is 74.2. The Kier molecular flexibility index (Phi) is 13.0. The Morgan fingerprint density at radius 3 is 2.34 bits per heavy atom. The summed E-state index contributed by atoms with van der Waals surface area (Å²) in [6.07, 6.45) is 6.80. The molecular weight excluding hydrogens is 574 g/mol. The first-order valence-corrected chi connectivity index (χ1v) is 14.2. The van der Waals surface area contributed by atoms with Crippen LogP contribution in [0.1, 0.15) is 73.8 Å². The monoisotopic (exact) mass is 611 g/mol. The van der Waals surface area contributed by atoms with E-state index in [4.69, 9.17) is 10.9 Å². The molecule has 16 heteroatoms. The SMILES string of the molecule is Nc1nc2ncc(CNc3ccc(C(=O)N[C@@H](CCC(=O)NCCCCCCCCC(=O)NO)C(=O)O)cc3)nc2c(=O)[nH]1. The Morgan fingerprint density at radius 1 is 0.932 bits per heavy atom. The third-order valence-electron chi connectivity index (χ3n) is 6.65.